The van der Waals surface area contributed by atoms with E-state index in [0.29, 0.717) is 34.3 Å². The van der Waals surface area contributed by atoms with Gasteiger partial charge in [-0.2, -0.15) is 5.26 Å². The number of aromatic nitrogens is 3. The number of aryl methyl sites for hydroxylation is 1. The molecular formula is C16H18ClN5O. The summed E-state index contributed by atoms with van der Waals surface area (Å²) in [6, 6.07) is 3.99. The Kier molecular flexibility index (Phi) is 4.77. The molecule has 0 amide bonds. The van der Waals surface area contributed by atoms with Crippen LogP contribution in [0, 0.1) is 17.2 Å². The van der Waals surface area contributed by atoms with Gasteiger partial charge in [0.25, 0.3) is 0 Å². The highest BCUT2D eigenvalue weighted by atomic mass is 35.5. The third kappa shape index (κ3) is 3.62. The van der Waals surface area contributed by atoms with Gasteiger partial charge in [0.05, 0.1) is 5.56 Å². The van der Waals surface area contributed by atoms with Crippen molar-refractivity contribution >= 4 is 17.4 Å². The maximum absolute atomic E-state index is 9.02. The third-order valence-corrected chi connectivity index (χ3v) is 4.55. The van der Waals surface area contributed by atoms with Crippen LogP contribution in [0.3, 0.4) is 0 Å². The smallest absolute Gasteiger partial charge is 0.216 e. The lowest BCUT2D eigenvalue weighted by Crippen LogP contribution is -2.17. The zero-order chi connectivity index (χ0) is 16.2. The highest BCUT2D eigenvalue weighted by Gasteiger charge is 2.27. The summed E-state index contributed by atoms with van der Waals surface area (Å²) < 4.78 is 5.59. The van der Waals surface area contributed by atoms with Crippen LogP contribution in [0.2, 0.25) is 5.02 Å². The van der Waals surface area contributed by atoms with Crippen LogP contribution >= 0.6 is 11.6 Å². The molecule has 1 fully saturated rings. The zero-order valence-electron chi connectivity index (χ0n) is 12.9. The molecule has 0 radical (unpaired) electrons. The van der Waals surface area contributed by atoms with Crippen LogP contribution in [0.15, 0.2) is 16.7 Å². The predicted molar refractivity (Wildman–Crippen MR) is 86.1 cm³/mol. The van der Waals surface area contributed by atoms with E-state index >= 15 is 0 Å². The van der Waals surface area contributed by atoms with Gasteiger partial charge in [0.15, 0.2) is 0 Å². The van der Waals surface area contributed by atoms with Gasteiger partial charge in [-0.25, -0.2) is 4.98 Å². The average molecular weight is 332 g/mol. The van der Waals surface area contributed by atoms with Crippen LogP contribution in [0.25, 0.3) is 0 Å². The average Bonchev–Trinajstić information content (AvgIpc) is 3.19. The quantitative estimate of drug-likeness (QED) is 0.903. The minimum atomic E-state index is 0.299. The van der Waals surface area contributed by atoms with Crippen LogP contribution in [0.4, 0.5) is 5.82 Å². The number of hydrogen-bond acceptors (Lipinski definition) is 6. The molecule has 0 bridgehead atoms. The second kappa shape index (κ2) is 6.97. The Morgan fingerprint density at radius 1 is 1.39 bits per heavy atom. The fourth-order valence-electron chi connectivity index (χ4n) is 2.98. The molecular weight excluding hydrogens is 314 g/mol. The number of nitrogens with one attached hydrogen (secondary N) is 1. The van der Waals surface area contributed by atoms with Crippen molar-refractivity contribution in [2.45, 2.75) is 45.1 Å². The zero-order valence-corrected chi connectivity index (χ0v) is 13.7. The first-order chi connectivity index (χ1) is 11.2. The Morgan fingerprint density at radius 3 is 2.96 bits per heavy atom. The lowest BCUT2D eigenvalue weighted by Gasteiger charge is -2.15. The number of hydrogen-bond donors (Lipinski definition) is 1. The van der Waals surface area contributed by atoms with Crippen molar-refractivity contribution in [3.8, 4) is 6.07 Å². The van der Waals surface area contributed by atoms with E-state index in [9.17, 15) is 0 Å². The van der Waals surface area contributed by atoms with Crippen LogP contribution in [0.5, 0.6) is 0 Å². The van der Waals surface area contributed by atoms with E-state index in [4.69, 9.17) is 21.3 Å². The van der Waals surface area contributed by atoms with E-state index in [2.05, 4.69) is 26.6 Å². The third-order valence-electron chi connectivity index (χ3n) is 4.17. The highest BCUT2D eigenvalue weighted by molar-refractivity contribution is 6.34. The molecule has 0 aliphatic heterocycles. The maximum atomic E-state index is 9.02. The minimum absolute atomic E-state index is 0.299. The molecule has 6 nitrogen and oxygen atoms in total. The normalized spacial score (nSPS) is 20.4. The lowest BCUT2D eigenvalue weighted by atomic mass is 10.0. The number of nitriles is 1. The van der Waals surface area contributed by atoms with E-state index < -0.39 is 0 Å². The van der Waals surface area contributed by atoms with Crippen molar-refractivity contribution in [2.75, 3.05) is 5.32 Å². The molecule has 1 aliphatic carbocycles. The molecule has 2 atom stereocenters. The summed E-state index contributed by atoms with van der Waals surface area (Å²) in [5.74, 6) is 2.50. The fourth-order valence-corrected chi connectivity index (χ4v) is 3.18. The number of rotatable bonds is 5. The minimum Gasteiger partial charge on any atom is -0.425 e. The van der Waals surface area contributed by atoms with Gasteiger partial charge in [-0.3, -0.25) is 0 Å². The van der Waals surface area contributed by atoms with Gasteiger partial charge in [0.1, 0.15) is 16.9 Å². The van der Waals surface area contributed by atoms with E-state index in [1.165, 1.54) is 0 Å². The summed E-state index contributed by atoms with van der Waals surface area (Å²) in [5, 5.41) is 20.9. The van der Waals surface area contributed by atoms with Crippen molar-refractivity contribution in [3.63, 3.8) is 0 Å². The second-order valence-corrected chi connectivity index (χ2v) is 6.18. The standard InChI is InChI=1S/C16H18ClN5O/c1-2-13-21-22-14(23-13)8-10-3-4-12(7-10)20-16-15(17)11(9-18)5-6-19-16/h5-6,10,12H,2-4,7-8H2,1H3,(H,19,20)/t10-,12+/m1/s1. The van der Waals surface area contributed by atoms with Gasteiger partial charge in [-0.15, -0.1) is 10.2 Å². The monoisotopic (exact) mass is 331 g/mol. The number of nitrogens with zero attached hydrogens (tertiary/aromatic N) is 4. The highest BCUT2D eigenvalue weighted by Crippen LogP contribution is 2.32. The van der Waals surface area contributed by atoms with Gasteiger partial charge in [0.2, 0.25) is 11.8 Å². The van der Waals surface area contributed by atoms with Gasteiger partial charge in [0, 0.05) is 25.1 Å². The number of pyridine rings is 1. The Morgan fingerprint density at radius 2 is 2.22 bits per heavy atom. The summed E-state index contributed by atoms with van der Waals surface area (Å²) >= 11 is 6.19. The van der Waals surface area contributed by atoms with Crippen LogP contribution in [0.1, 0.15) is 43.5 Å². The number of anilines is 1. The van der Waals surface area contributed by atoms with Gasteiger partial charge in [-0.1, -0.05) is 18.5 Å². The molecule has 1 saturated carbocycles. The van der Waals surface area contributed by atoms with Gasteiger partial charge >= 0.3 is 0 Å². The Hall–Kier alpha value is -2.13. The lowest BCUT2D eigenvalue weighted by molar-refractivity contribution is 0.409. The molecule has 2 aromatic rings. The first-order valence-corrected chi connectivity index (χ1v) is 8.19. The molecule has 23 heavy (non-hydrogen) atoms. The SMILES string of the molecule is CCc1nnc(C[C@@H]2CC[C@H](Nc3nccc(C#N)c3Cl)C2)o1. The Balaban J connectivity index is 1.59. The fraction of sp³-hybridized carbons (Fsp3) is 0.500. The molecule has 0 unspecified atom stereocenters. The first kappa shape index (κ1) is 15.8. The molecule has 1 N–H and O–H groups in total. The molecule has 1 aliphatic rings. The number of halogens is 1. The summed E-state index contributed by atoms with van der Waals surface area (Å²) in [6.07, 6.45) is 6.31. The molecule has 0 saturated heterocycles. The predicted octanol–water partition coefficient (Wildman–Crippen LogP) is 3.38. The molecule has 3 rings (SSSR count). The topological polar surface area (TPSA) is 87.6 Å². The van der Waals surface area contributed by atoms with Crippen molar-refractivity contribution in [1.82, 2.24) is 15.2 Å². The largest absolute Gasteiger partial charge is 0.425 e. The second-order valence-electron chi connectivity index (χ2n) is 5.80. The Bertz CT molecular complexity index is 724. The van der Waals surface area contributed by atoms with Gasteiger partial charge in [-0.05, 0) is 31.2 Å². The van der Waals surface area contributed by atoms with Gasteiger partial charge < -0.3 is 9.73 Å². The van der Waals surface area contributed by atoms with Crippen LogP contribution in [-0.2, 0) is 12.8 Å². The van der Waals surface area contributed by atoms with E-state index in [-0.39, 0.29) is 0 Å². The maximum Gasteiger partial charge on any atom is 0.216 e. The molecule has 120 valence electrons. The first-order valence-electron chi connectivity index (χ1n) is 7.82. The molecule has 7 heteroatoms. The van der Waals surface area contributed by atoms with Crippen molar-refractivity contribution in [1.29, 1.82) is 5.26 Å². The van der Waals surface area contributed by atoms with Crippen molar-refractivity contribution in [3.05, 3.63) is 34.6 Å². The van der Waals surface area contributed by atoms with Crippen molar-refractivity contribution in [2.24, 2.45) is 5.92 Å². The van der Waals surface area contributed by atoms with E-state index in [1.54, 1.807) is 12.3 Å². The molecule has 2 aromatic heterocycles. The molecule has 0 aromatic carbocycles. The molecule has 0 spiro atoms. The summed E-state index contributed by atoms with van der Waals surface area (Å²) in [5.41, 5.74) is 0.441. The van der Waals surface area contributed by atoms with Crippen LogP contribution in [-0.4, -0.2) is 21.2 Å². The van der Waals surface area contributed by atoms with E-state index in [1.807, 2.05) is 6.92 Å². The molecule has 2 heterocycles. The Labute approximate surface area is 139 Å². The summed E-state index contributed by atoms with van der Waals surface area (Å²) in [7, 11) is 0. The summed E-state index contributed by atoms with van der Waals surface area (Å²) in [6.45, 7) is 2.00. The van der Waals surface area contributed by atoms with Crippen LogP contribution < -0.4 is 5.32 Å². The summed E-state index contributed by atoms with van der Waals surface area (Å²) in [4.78, 5) is 4.24. The van der Waals surface area contributed by atoms with E-state index in [0.717, 1.165) is 38.0 Å². The van der Waals surface area contributed by atoms with Crippen molar-refractivity contribution < 1.29 is 4.42 Å².